The Morgan fingerprint density at radius 2 is 2.19 bits per heavy atom. The fourth-order valence-corrected chi connectivity index (χ4v) is 2.48. The van der Waals surface area contributed by atoms with Crippen molar-refractivity contribution in [3.05, 3.63) is 46.7 Å². The van der Waals surface area contributed by atoms with Gasteiger partial charge in [-0.25, -0.2) is 9.97 Å². The highest BCUT2D eigenvalue weighted by Crippen LogP contribution is 2.22. The number of hydrogen-bond acceptors (Lipinski definition) is 4. The second-order valence-electron chi connectivity index (χ2n) is 4.44. The maximum Gasteiger partial charge on any atom is 0.278 e. The van der Waals surface area contributed by atoms with Crippen LogP contribution < -0.4 is 4.90 Å². The molecule has 0 radical (unpaired) electrons. The van der Waals surface area contributed by atoms with Crippen LogP contribution in [0.2, 0.25) is 5.02 Å². The number of amides is 1. The molecule has 1 aromatic carbocycles. The SMILES string of the molecule is CCN(C(=O)c1nc(SC)ncc1Cl)c1cccc(C)c1. The summed E-state index contributed by atoms with van der Waals surface area (Å²) in [5.74, 6) is -0.217. The van der Waals surface area contributed by atoms with E-state index in [1.165, 1.54) is 18.0 Å². The highest BCUT2D eigenvalue weighted by molar-refractivity contribution is 7.98. The summed E-state index contributed by atoms with van der Waals surface area (Å²) in [4.78, 5) is 22.7. The number of carbonyl (C=O) groups excluding carboxylic acids is 1. The van der Waals surface area contributed by atoms with Crippen molar-refractivity contribution in [2.75, 3.05) is 17.7 Å². The lowest BCUT2D eigenvalue weighted by Crippen LogP contribution is -2.31. The van der Waals surface area contributed by atoms with E-state index in [1.54, 1.807) is 4.90 Å². The van der Waals surface area contributed by atoms with Crippen LogP contribution in [0.4, 0.5) is 5.69 Å². The smallest absolute Gasteiger partial charge is 0.278 e. The van der Waals surface area contributed by atoms with Crippen LogP contribution in [-0.4, -0.2) is 28.7 Å². The van der Waals surface area contributed by atoms with Gasteiger partial charge < -0.3 is 4.90 Å². The van der Waals surface area contributed by atoms with Crippen molar-refractivity contribution in [3.8, 4) is 0 Å². The molecule has 1 amide bonds. The molecular formula is C15H16ClN3OS. The van der Waals surface area contributed by atoms with Gasteiger partial charge in [0.05, 0.1) is 11.2 Å². The van der Waals surface area contributed by atoms with Crippen molar-refractivity contribution in [2.45, 2.75) is 19.0 Å². The van der Waals surface area contributed by atoms with Gasteiger partial charge in [0.15, 0.2) is 10.9 Å². The second kappa shape index (κ2) is 6.91. The second-order valence-corrected chi connectivity index (χ2v) is 5.62. The summed E-state index contributed by atoms with van der Waals surface area (Å²) in [6, 6.07) is 7.78. The van der Waals surface area contributed by atoms with Crippen molar-refractivity contribution in [1.29, 1.82) is 0 Å². The molecule has 0 aliphatic rings. The van der Waals surface area contributed by atoms with E-state index in [1.807, 2.05) is 44.4 Å². The molecule has 0 aliphatic carbocycles. The fraction of sp³-hybridized carbons (Fsp3) is 0.267. The number of aromatic nitrogens is 2. The first-order valence-electron chi connectivity index (χ1n) is 6.52. The van der Waals surface area contributed by atoms with Gasteiger partial charge in [-0.05, 0) is 37.8 Å². The average Bonchev–Trinajstić information content (AvgIpc) is 2.48. The minimum atomic E-state index is -0.217. The predicted molar refractivity (Wildman–Crippen MR) is 87.4 cm³/mol. The van der Waals surface area contributed by atoms with E-state index in [-0.39, 0.29) is 16.6 Å². The lowest BCUT2D eigenvalue weighted by Gasteiger charge is -2.21. The van der Waals surface area contributed by atoms with Crippen molar-refractivity contribution in [3.63, 3.8) is 0 Å². The number of anilines is 1. The summed E-state index contributed by atoms with van der Waals surface area (Å²) in [5.41, 5.74) is 2.17. The summed E-state index contributed by atoms with van der Waals surface area (Å²) in [6.45, 7) is 4.45. The van der Waals surface area contributed by atoms with Crippen LogP contribution in [0.1, 0.15) is 23.0 Å². The topological polar surface area (TPSA) is 46.1 Å². The lowest BCUT2D eigenvalue weighted by molar-refractivity contribution is 0.0983. The third-order valence-electron chi connectivity index (χ3n) is 2.98. The van der Waals surface area contributed by atoms with Crippen LogP contribution in [0.25, 0.3) is 0 Å². The van der Waals surface area contributed by atoms with Crippen LogP contribution >= 0.6 is 23.4 Å². The van der Waals surface area contributed by atoms with Gasteiger partial charge in [0.25, 0.3) is 5.91 Å². The van der Waals surface area contributed by atoms with Gasteiger partial charge in [-0.2, -0.15) is 0 Å². The summed E-state index contributed by atoms with van der Waals surface area (Å²) < 4.78 is 0. The number of aryl methyl sites for hydroxylation is 1. The summed E-state index contributed by atoms with van der Waals surface area (Å²) in [6.07, 6.45) is 3.33. The first-order valence-corrected chi connectivity index (χ1v) is 8.12. The molecule has 1 aromatic heterocycles. The normalized spacial score (nSPS) is 10.5. The lowest BCUT2D eigenvalue weighted by atomic mass is 10.2. The summed E-state index contributed by atoms with van der Waals surface area (Å²) in [7, 11) is 0. The zero-order chi connectivity index (χ0) is 15.4. The fourth-order valence-electron chi connectivity index (χ4n) is 1.97. The van der Waals surface area contributed by atoms with Gasteiger partial charge in [0, 0.05) is 12.2 Å². The Labute approximate surface area is 133 Å². The minimum Gasteiger partial charge on any atom is -0.307 e. The number of rotatable bonds is 4. The standard InChI is InChI=1S/C15H16ClN3OS/c1-4-19(11-7-5-6-10(2)8-11)14(20)13-12(16)9-17-15(18-13)21-3/h5-9H,4H2,1-3H3. The zero-order valence-corrected chi connectivity index (χ0v) is 13.7. The molecule has 0 atom stereocenters. The van der Waals surface area contributed by atoms with E-state index in [0.29, 0.717) is 11.7 Å². The monoisotopic (exact) mass is 321 g/mol. The Bertz CT molecular complexity index is 663. The van der Waals surface area contributed by atoms with Crippen LogP contribution in [0.5, 0.6) is 0 Å². The van der Waals surface area contributed by atoms with Crippen LogP contribution in [-0.2, 0) is 0 Å². The van der Waals surface area contributed by atoms with E-state index in [2.05, 4.69) is 9.97 Å². The van der Waals surface area contributed by atoms with E-state index in [4.69, 9.17) is 11.6 Å². The molecule has 0 aliphatic heterocycles. The molecule has 6 heteroatoms. The van der Waals surface area contributed by atoms with Gasteiger partial charge in [-0.15, -0.1) is 0 Å². The van der Waals surface area contributed by atoms with Crippen molar-refractivity contribution in [2.24, 2.45) is 0 Å². The van der Waals surface area contributed by atoms with E-state index < -0.39 is 0 Å². The molecule has 0 N–H and O–H groups in total. The van der Waals surface area contributed by atoms with Crippen molar-refractivity contribution in [1.82, 2.24) is 9.97 Å². The number of halogens is 1. The number of nitrogens with zero attached hydrogens (tertiary/aromatic N) is 3. The van der Waals surface area contributed by atoms with Crippen molar-refractivity contribution >= 4 is 35.0 Å². The predicted octanol–water partition coefficient (Wildman–Crippen LogP) is 3.83. The van der Waals surface area contributed by atoms with Gasteiger partial charge >= 0.3 is 0 Å². The zero-order valence-electron chi connectivity index (χ0n) is 12.1. The Morgan fingerprint density at radius 3 is 2.81 bits per heavy atom. The first-order chi connectivity index (χ1) is 10.1. The molecule has 0 saturated heterocycles. The van der Waals surface area contributed by atoms with Crippen LogP contribution in [0.15, 0.2) is 35.6 Å². The molecule has 4 nitrogen and oxygen atoms in total. The minimum absolute atomic E-state index is 0.217. The third kappa shape index (κ3) is 3.54. The number of hydrogen-bond donors (Lipinski definition) is 0. The Morgan fingerprint density at radius 1 is 1.43 bits per heavy atom. The third-order valence-corrected chi connectivity index (χ3v) is 3.82. The molecule has 0 fully saturated rings. The van der Waals surface area contributed by atoms with E-state index >= 15 is 0 Å². The molecule has 0 unspecified atom stereocenters. The molecule has 0 spiro atoms. The van der Waals surface area contributed by atoms with Crippen LogP contribution in [0, 0.1) is 6.92 Å². The molecule has 0 bridgehead atoms. The molecule has 2 aromatic rings. The van der Waals surface area contributed by atoms with Gasteiger partial charge in [-0.1, -0.05) is 35.5 Å². The molecule has 1 heterocycles. The Kier molecular flexibility index (Phi) is 5.20. The number of carbonyl (C=O) groups is 1. The Balaban J connectivity index is 2.41. The highest BCUT2D eigenvalue weighted by Gasteiger charge is 2.21. The summed E-state index contributed by atoms with van der Waals surface area (Å²) >= 11 is 7.46. The Hall–Kier alpha value is -1.59. The van der Waals surface area contributed by atoms with Crippen molar-refractivity contribution < 1.29 is 4.79 Å². The largest absolute Gasteiger partial charge is 0.307 e. The quantitative estimate of drug-likeness (QED) is 0.634. The molecule has 21 heavy (non-hydrogen) atoms. The van der Waals surface area contributed by atoms with E-state index in [9.17, 15) is 4.79 Å². The maximum absolute atomic E-state index is 12.7. The van der Waals surface area contributed by atoms with Gasteiger partial charge in [-0.3, -0.25) is 4.79 Å². The molecule has 110 valence electrons. The maximum atomic E-state index is 12.7. The summed E-state index contributed by atoms with van der Waals surface area (Å²) in [5, 5.41) is 0.798. The van der Waals surface area contributed by atoms with Gasteiger partial charge in [0.2, 0.25) is 0 Å². The first kappa shape index (κ1) is 15.8. The molecule has 2 rings (SSSR count). The molecule has 0 saturated carbocycles. The average molecular weight is 322 g/mol. The van der Waals surface area contributed by atoms with Crippen LogP contribution in [0.3, 0.4) is 0 Å². The molecular weight excluding hydrogens is 306 g/mol. The number of benzene rings is 1. The number of thioether (sulfide) groups is 1. The van der Waals surface area contributed by atoms with E-state index in [0.717, 1.165) is 11.3 Å². The highest BCUT2D eigenvalue weighted by atomic mass is 35.5. The van der Waals surface area contributed by atoms with Gasteiger partial charge in [0.1, 0.15) is 0 Å².